The molecule has 0 spiro atoms. The highest BCUT2D eigenvalue weighted by Gasteiger charge is 2.29. The Balaban J connectivity index is 2.29. The van der Waals surface area contributed by atoms with Crippen LogP contribution in [0.2, 0.25) is 5.02 Å². The topological polar surface area (TPSA) is 63.4 Å². The molecular formula is C12H17ClN2O2S. The van der Waals surface area contributed by atoms with E-state index in [4.69, 9.17) is 17.3 Å². The first-order chi connectivity index (χ1) is 8.43. The van der Waals surface area contributed by atoms with Crippen LogP contribution in [0.3, 0.4) is 0 Å². The van der Waals surface area contributed by atoms with Crippen molar-refractivity contribution in [1.29, 1.82) is 0 Å². The van der Waals surface area contributed by atoms with E-state index in [2.05, 4.69) is 0 Å². The third-order valence-corrected chi connectivity index (χ3v) is 5.77. The number of sulfonamides is 1. The molecular weight excluding hydrogens is 272 g/mol. The molecule has 1 aliphatic carbocycles. The summed E-state index contributed by atoms with van der Waals surface area (Å²) in [6.45, 7) is 0.535. The number of hydrogen-bond acceptors (Lipinski definition) is 3. The van der Waals surface area contributed by atoms with Crippen LogP contribution in [0.25, 0.3) is 0 Å². The molecule has 0 unspecified atom stereocenters. The molecule has 4 nitrogen and oxygen atoms in total. The van der Waals surface area contributed by atoms with E-state index in [9.17, 15) is 8.42 Å². The first kappa shape index (κ1) is 13.6. The van der Waals surface area contributed by atoms with Crippen molar-refractivity contribution < 1.29 is 8.42 Å². The number of nitrogens with zero attached hydrogens (tertiary/aromatic N) is 1. The molecule has 6 heteroatoms. The van der Waals surface area contributed by atoms with E-state index in [1.165, 1.54) is 10.7 Å². The zero-order valence-electron chi connectivity index (χ0n) is 10.3. The average Bonchev–Trinajstić information content (AvgIpc) is 2.22. The third-order valence-electron chi connectivity index (χ3n) is 3.41. The number of halogens is 1. The van der Waals surface area contributed by atoms with Crippen molar-refractivity contribution in [3.05, 3.63) is 23.2 Å². The summed E-state index contributed by atoms with van der Waals surface area (Å²) in [5.74, 6) is 0.466. The van der Waals surface area contributed by atoms with Crippen molar-refractivity contribution in [3.8, 4) is 0 Å². The van der Waals surface area contributed by atoms with Gasteiger partial charge >= 0.3 is 0 Å². The van der Waals surface area contributed by atoms with E-state index in [-0.39, 0.29) is 15.6 Å². The summed E-state index contributed by atoms with van der Waals surface area (Å²) in [4.78, 5) is 0.0218. The van der Waals surface area contributed by atoms with Crippen LogP contribution >= 0.6 is 11.6 Å². The zero-order chi connectivity index (χ0) is 13.3. The number of nitrogen functional groups attached to an aromatic ring is 1. The Morgan fingerprint density at radius 1 is 1.44 bits per heavy atom. The van der Waals surface area contributed by atoms with Gasteiger partial charge in [0.1, 0.15) is 4.90 Å². The Hall–Kier alpha value is -0.780. The van der Waals surface area contributed by atoms with Crippen LogP contribution in [0.5, 0.6) is 0 Å². The fourth-order valence-electron chi connectivity index (χ4n) is 2.09. The molecule has 0 radical (unpaired) electrons. The summed E-state index contributed by atoms with van der Waals surface area (Å²) in [7, 11) is -2.02. The molecule has 1 aromatic rings. The minimum Gasteiger partial charge on any atom is -0.398 e. The van der Waals surface area contributed by atoms with Crippen LogP contribution in [0.15, 0.2) is 23.1 Å². The van der Waals surface area contributed by atoms with Gasteiger partial charge < -0.3 is 5.73 Å². The second-order valence-corrected chi connectivity index (χ2v) is 7.13. The predicted molar refractivity (Wildman–Crippen MR) is 73.0 cm³/mol. The van der Waals surface area contributed by atoms with Crippen LogP contribution in [0, 0.1) is 5.92 Å². The Labute approximate surface area is 113 Å². The lowest BCUT2D eigenvalue weighted by Crippen LogP contribution is -2.34. The largest absolute Gasteiger partial charge is 0.398 e. The molecule has 100 valence electrons. The number of hydrogen-bond donors (Lipinski definition) is 1. The lowest BCUT2D eigenvalue weighted by Gasteiger charge is -2.30. The van der Waals surface area contributed by atoms with E-state index >= 15 is 0 Å². The van der Waals surface area contributed by atoms with Crippen molar-refractivity contribution in [2.75, 3.05) is 19.3 Å². The number of rotatable bonds is 4. The van der Waals surface area contributed by atoms with Gasteiger partial charge in [-0.25, -0.2) is 12.7 Å². The zero-order valence-corrected chi connectivity index (χ0v) is 11.8. The molecule has 2 N–H and O–H groups in total. The summed E-state index contributed by atoms with van der Waals surface area (Å²) in [5, 5.41) is 0.176. The maximum absolute atomic E-state index is 12.4. The highest BCUT2D eigenvalue weighted by atomic mass is 35.5. The van der Waals surface area contributed by atoms with Crippen LogP contribution in [-0.4, -0.2) is 26.3 Å². The van der Waals surface area contributed by atoms with Crippen LogP contribution < -0.4 is 5.73 Å². The highest BCUT2D eigenvalue weighted by Crippen LogP contribution is 2.32. The van der Waals surface area contributed by atoms with E-state index in [1.807, 2.05) is 0 Å². The average molecular weight is 289 g/mol. The lowest BCUT2D eigenvalue weighted by molar-refractivity contribution is 0.263. The molecule has 0 aliphatic heterocycles. The van der Waals surface area contributed by atoms with Gasteiger partial charge in [0.05, 0.1) is 10.7 Å². The summed E-state index contributed by atoms with van der Waals surface area (Å²) in [6.07, 6.45) is 3.38. The molecule has 1 fully saturated rings. The van der Waals surface area contributed by atoms with Gasteiger partial charge in [0.25, 0.3) is 0 Å². The van der Waals surface area contributed by atoms with E-state index in [1.54, 1.807) is 25.2 Å². The molecule has 0 saturated heterocycles. The fraction of sp³-hybridized carbons (Fsp3) is 0.500. The molecule has 0 amide bonds. The van der Waals surface area contributed by atoms with Crippen LogP contribution in [0.4, 0.5) is 5.69 Å². The Bertz CT molecular complexity index is 521. The predicted octanol–water partition coefficient (Wildman–Crippen LogP) is 2.34. The molecule has 1 aromatic carbocycles. The Morgan fingerprint density at radius 3 is 2.61 bits per heavy atom. The van der Waals surface area contributed by atoms with Crippen LogP contribution in [0.1, 0.15) is 19.3 Å². The van der Waals surface area contributed by atoms with Gasteiger partial charge in [-0.1, -0.05) is 24.1 Å². The minimum absolute atomic E-state index is 0.0218. The quantitative estimate of drug-likeness (QED) is 0.865. The normalized spacial score (nSPS) is 16.8. The van der Waals surface area contributed by atoms with E-state index in [0.717, 1.165) is 12.8 Å². The summed E-state index contributed by atoms with van der Waals surface area (Å²) in [5.41, 5.74) is 5.93. The summed E-state index contributed by atoms with van der Waals surface area (Å²) in [6, 6.07) is 4.74. The lowest BCUT2D eigenvalue weighted by atomic mass is 9.86. The van der Waals surface area contributed by atoms with Crippen molar-refractivity contribution in [3.63, 3.8) is 0 Å². The van der Waals surface area contributed by atoms with Gasteiger partial charge in [-0.3, -0.25) is 0 Å². The molecule has 0 bridgehead atoms. The number of benzene rings is 1. The van der Waals surface area contributed by atoms with Gasteiger partial charge in [-0.2, -0.15) is 0 Å². The van der Waals surface area contributed by atoms with Crippen molar-refractivity contribution in [1.82, 2.24) is 4.31 Å². The monoisotopic (exact) mass is 288 g/mol. The molecule has 0 heterocycles. The van der Waals surface area contributed by atoms with Crippen LogP contribution in [-0.2, 0) is 10.0 Å². The number of nitrogens with two attached hydrogens (primary N) is 1. The summed E-state index contributed by atoms with van der Waals surface area (Å²) < 4.78 is 26.2. The second-order valence-electron chi connectivity index (χ2n) is 4.74. The molecule has 0 atom stereocenters. The fourth-order valence-corrected chi connectivity index (χ4v) is 3.96. The third kappa shape index (κ3) is 2.48. The minimum atomic E-state index is -3.60. The van der Waals surface area contributed by atoms with Gasteiger partial charge in [-0.05, 0) is 30.9 Å². The van der Waals surface area contributed by atoms with E-state index in [0.29, 0.717) is 12.5 Å². The molecule has 1 aliphatic rings. The second kappa shape index (κ2) is 5.07. The first-order valence-corrected chi connectivity index (χ1v) is 7.75. The Morgan fingerprint density at radius 2 is 2.11 bits per heavy atom. The van der Waals surface area contributed by atoms with Crippen molar-refractivity contribution in [2.24, 2.45) is 5.92 Å². The van der Waals surface area contributed by atoms with Crippen molar-refractivity contribution in [2.45, 2.75) is 24.2 Å². The molecule has 1 saturated carbocycles. The highest BCUT2D eigenvalue weighted by molar-refractivity contribution is 7.89. The maximum Gasteiger partial charge on any atom is 0.246 e. The number of anilines is 1. The van der Waals surface area contributed by atoms with Crippen molar-refractivity contribution >= 4 is 27.3 Å². The smallest absolute Gasteiger partial charge is 0.246 e. The maximum atomic E-state index is 12.4. The van der Waals surface area contributed by atoms with E-state index < -0.39 is 10.0 Å². The van der Waals surface area contributed by atoms with Gasteiger partial charge in [0, 0.05) is 13.6 Å². The van der Waals surface area contributed by atoms with Gasteiger partial charge in [0.2, 0.25) is 10.0 Å². The SMILES string of the molecule is CN(CC1CCC1)S(=O)(=O)c1c(N)cccc1Cl. The molecule has 0 aromatic heterocycles. The summed E-state index contributed by atoms with van der Waals surface area (Å²) >= 11 is 5.96. The Kier molecular flexibility index (Phi) is 3.84. The first-order valence-electron chi connectivity index (χ1n) is 5.93. The molecule has 18 heavy (non-hydrogen) atoms. The van der Waals surface area contributed by atoms with Gasteiger partial charge in [0.15, 0.2) is 0 Å². The standard InChI is InChI=1S/C12H17ClN2O2S/c1-15(8-9-4-2-5-9)18(16,17)12-10(13)6-3-7-11(12)14/h3,6-7,9H,2,4-5,8,14H2,1H3. The molecule has 2 rings (SSSR count). The van der Waals surface area contributed by atoms with Gasteiger partial charge in [-0.15, -0.1) is 0 Å².